The second kappa shape index (κ2) is 6.92. The Hall–Kier alpha value is -0.670. The van der Waals surface area contributed by atoms with Crippen LogP contribution in [0.15, 0.2) is 12.1 Å². The second-order valence-electron chi connectivity index (χ2n) is 4.39. The molecule has 0 aromatic carbocycles. The standard InChI is InChI=1S/C14H22O2S/c1-4-10(5-2)14(16)13(15)9-12-8-7-11(6-3)17-12/h7-8,10,14,16H,4-6,9H2,1-3H3. The summed E-state index contributed by atoms with van der Waals surface area (Å²) in [5.74, 6) is 0.0660. The SMILES string of the molecule is CCc1ccc(CC(=O)C(O)C(CC)CC)s1. The van der Waals surface area contributed by atoms with Crippen molar-refractivity contribution in [3.8, 4) is 0 Å². The summed E-state index contributed by atoms with van der Waals surface area (Å²) in [5, 5.41) is 9.96. The summed E-state index contributed by atoms with van der Waals surface area (Å²) in [6.07, 6.45) is 2.30. The molecule has 0 radical (unpaired) electrons. The van der Waals surface area contributed by atoms with Crippen LogP contribution in [-0.4, -0.2) is 17.0 Å². The van der Waals surface area contributed by atoms with E-state index in [1.54, 1.807) is 11.3 Å². The fourth-order valence-corrected chi connectivity index (χ4v) is 2.95. The Morgan fingerprint density at radius 1 is 1.24 bits per heavy atom. The zero-order chi connectivity index (χ0) is 12.8. The quantitative estimate of drug-likeness (QED) is 0.811. The maximum absolute atomic E-state index is 11.9. The first-order valence-corrected chi connectivity index (χ1v) is 7.22. The first-order chi connectivity index (χ1) is 8.12. The van der Waals surface area contributed by atoms with Gasteiger partial charge in [-0.15, -0.1) is 11.3 Å². The molecule has 1 aromatic rings. The Labute approximate surface area is 108 Å². The second-order valence-corrected chi connectivity index (χ2v) is 5.64. The molecule has 1 aromatic heterocycles. The molecule has 0 aliphatic carbocycles. The summed E-state index contributed by atoms with van der Waals surface area (Å²) in [6.45, 7) is 6.15. The van der Waals surface area contributed by atoms with Crippen LogP contribution in [0.4, 0.5) is 0 Å². The predicted molar refractivity (Wildman–Crippen MR) is 72.5 cm³/mol. The Morgan fingerprint density at radius 3 is 2.29 bits per heavy atom. The van der Waals surface area contributed by atoms with Gasteiger partial charge < -0.3 is 5.11 Å². The molecule has 2 nitrogen and oxygen atoms in total. The lowest BCUT2D eigenvalue weighted by molar-refractivity contribution is -0.129. The number of Topliss-reactive ketones (excluding diaryl/α,β-unsaturated/α-hetero) is 1. The summed E-state index contributed by atoms with van der Waals surface area (Å²) in [5.41, 5.74) is 0. The fraction of sp³-hybridized carbons (Fsp3) is 0.643. The fourth-order valence-electron chi connectivity index (χ4n) is 1.98. The van der Waals surface area contributed by atoms with Crippen molar-refractivity contribution >= 4 is 17.1 Å². The van der Waals surface area contributed by atoms with Crippen LogP contribution in [0.5, 0.6) is 0 Å². The molecule has 1 heterocycles. The van der Waals surface area contributed by atoms with E-state index >= 15 is 0 Å². The van der Waals surface area contributed by atoms with Gasteiger partial charge in [0.2, 0.25) is 0 Å². The molecule has 1 rings (SSSR count). The topological polar surface area (TPSA) is 37.3 Å². The van der Waals surface area contributed by atoms with E-state index in [0.717, 1.165) is 24.1 Å². The monoisotopic (exact) mass is 254 g/mol. The van der Waals surface area contributed by atoms with Crippen LogP contribution >= 0.6 is 11.3 Å². The van der Waals surface area contributed by atoms with E-state index in [1.165, 1.54) is 4.88 Å². The van der Waals surface area contributed by atoms with Crippen molar-refractivity contribution in [1.82, 2.24) is 0 Å². The summed E-state index contributed by atoms with van der Waals surface area (Å²) in [4.78, 5) is 14.3. The molecule has 1 atom stereocenters. The maximum atomic E-state index is 11.9. The summed E-state index contributed by atoms with van der Waals surface area (Å²) < 4.78 is 0. The molecular weight excluding hydrogens is 232 g/mol. The summed E-state index contributed by atoms with van der Waals surface area (Å²) in [6, 6.07) is 4.07. The van der Waals surface area contributed by atoms with E-state index < -0.39 is 6.10 Å². The predicted octanol–water partition coefficient (Wildman–Crippen LogP) is 3.22. The lowest BCUT2D eigenvalue weighted by atomic mass is 9.92. The molecular formula is C14H22O2S. The molecule has 0 aliphatic heterocycles. The minimum absolute atomic E-state index is 0.0387. The van der Waals surface area contributed by atoms with Crippen molar-refractivity contribution in [3.63, 3.8) is 0 Å². The van der Waals surface area contributed by atoms with Gasteiger partial charge in [-0.1, -0.05) is 33.6 Å². The number of carbonyl (C=O) groups is 1. The Morgan fingerprint density at radius 2 is 1.82 bits per heavy atom. The third kappa shape index (κ3) is 3.93. The van der Waals surface area contributed by atoms with Crippen molar-refractivity contribution in [3.05, 3.63) is 21.9 Å². The largest absolute Gasteiger partial charge is 0.385 e. The van der Waals surface area contributed by atoms with Gasteiger partial charge in [0.15, 0.2) is 5.78 Å². The van der Waals surface area contributed by atoms with Gasteiger partial charge in [-0.05, 0) is 24.5 Å². The van der Waals surface area contributed by atoms with Crippen LogP contribution in [0.2, 0.25) is 0 Å². The number of rotatable bonds is 7. The van der Waals surface area contributed by atoms with Crippen molar-refractivity contribution in [1.29, 1.82) is 0 Å². The van der Waals surface area contributed by atoms with Gasteiger partial charge >= 0.3 is 0 Å². The molecule has 0 saturated heterocycles. The van der Waals surface area contributed by atoms with Crippen LogP contribution in [0.25, 0.3) is 0 Å². The molecule has 0 aliphatic rings. The van der Waals surface area contributed by atoms with Crippen LogP contribution in [0.3, 0.4) is 0 Å². The number of aliphatic hydroxyl groups is 1. The molecule has 0 bridgehead atoms. The van der Waals surface area contributed by atoms with Crippen molar-refractivity contribution in [2.45, 2.75) is 52.6 Å². The lowest BCUT2D eigenvalue weighted by Gasteiger charge is -2.18. The van der Waals surface area contributed by atoms with Crippen molar-refractivity contribution in [2.75, 3.05) is 0 Å². The third-order valence-corrected chi connectivity index (χ3v) is 4.47. The van der Waals surface area contributed by atoms with Crippen molar-refractivity contribution in [2.24, 2.45) is 5.92 Å². The molecule has 0 amide bonds. The number of ketones is 1. The van der Waals surface area contributed by atoms with E-state index in [2.05, 4.69) is 13.0 Å². The maximum Gasteiger partial charge on any atom is 0.166 e. The highest BCUT2D eigenvalue weighted by Gasteiger charge is 2.23. The molecule has 0 saturated carbocycles. The van der Waals surface area contributed by atoms with Gasteiger partial charge in [-0.2, -0.15) is 0 Å². The third-order valence-electron chi connectivity index (χ3n) is 3.24. The van der Waals surface area contributed by atoms with E-state index in [4.69, 9.17) is 0 Å². The highest BCUT2D eigenvalue weighted by molar-refractivity contribution is 7.12. The highest BCUT2D eigenvalue weighted by Crippen LogP contribution is 2.20. The van der Waals surface area contributed by atoms with Crippen LogP contribution in [0, 0.1) is 5.92 Å². The minimum Gasteiger partial charge on any atom is -0.385 e. The van der Waals surface area contributed by atoms with E-state index in [-0.39, 0.29) is 11.7 Å². The highest BCUT2D eigenvalue weighted by atomic mass is 32.1. The Bertz CT molecular complexity index is 353. The average molecular weight is 254 g/mol. The smallest absolute Gasteiger partial charge is 0.166 e. The van der Waals surface area contributed by atoms with Gasteiger partial charge in [0.1, 0.15) is 6.10 Å². The van der Waals surface area contributed by atoms with E-state index in [1.807, 2.05) is 19.9 Å². The molecule has 17 heavy (non-hydrogen) atoms. The number of aliphatic hydroxyl groups excluding tert-OH is 1. The number of carbonyl (C=O) groups excluding carboxylic acids is 1. The summed E-state index contributed by atoms with van der Waals surface area (Å²) in [7, 11) is 0. The van der Waals surface area contributed by atoms with Gasteiger partial charge in [-0.25, -0.2) is 0 Å². The van der Waals surface area contributed by atoms with E-state index in [0.29, 0.717) is 6.42 Å². The number of hydrogen-bond donors (Lipinski definition) is 1. The van der Waals surface area contributed by atoms with Gasteiger partial charge in [-0.3, -0.25) is 4.79 Å². The van der Waals surface area contributed by atoms with Crippen LogP contribution < -0.4 is 0 Å². The molecule has 1 N–H and O–H groups in total. The normalized spacial score (nSPS) is 13.0. The molecule has 3 heteroatoms. The Kier molecular flexibility index (Phi) is 5.86. The van der Waals surface area contributed by atoms with Crippen LogP contribution in [0.1, 0.15) is 43.4 Å². The summed E-state index contributed by atoms with van der Waals surface area (Å²) >= 11 is 1.67. The first-order valence-electron chi connectivity index (χ1n) is 6.40. The van der Waals surface area contributed by atoms with E-state index in [9.17, 15) is 9.90 Å². The number of hydrogen-bond acceptors (Lipinski definition) is 3. The molecule has 0 spiro atoms. The van der Waals surface area contributed by atoms with Gasteiger partial charge in [0.05, 0.1) is 0 Å². The number of aryl methyl sites for hydroxylation is 1. The van der Waals surface area contributed by atoms with Gasteiger partial charge in [0.25, 0.3) is 0 Å². The Balaban J connectivity index is 2.59. The lowest BCUT2D eigenvalue weighted by Crippen LogP contribution is -2.30. The average Bonchev–Trinajstić information content (AvgIpc) is 2.78. The minimum atomic E-state index is -0.794. The van der Waals surface area contributed by atoms with Gasteiger partial charge in [0, 0.05) is 16.2 Å². The zero-order valence-corrected chi connectivity index (χ0v) is 11.7. The first kappa shape index (κ1) is 14.4. The van der Waals surface area contributed by atoms with Crippen molar-refractivity contribution < 1.29 is 9.90 Å². The molecule has 96 valence electrons. The zero-order valence-electron chi connectivity index (χ0n) is 10.9. The number of thiophene rings is 1. The molecule has 0 fully saturated rings. The van der Waals surface area contributed by atoms with Crippen LogP contribution in [-0.2, 0) is 17.6 Å². The molecule has 1 unspecified atom stereocenters.